The van der Waals surface area contributed by atoms with Gasteiger partial charge in [0.15, 0.2) is 0 Å². The van der Waals surface area contributed by atoms with Gasteiger partial charge in [0.05, 0.1) is 21.8 Å². The number of anilines is 1. The lowest BCUT2D eigenvalue weighted by atomic mass is 9.92. The van der Waals surface area contributed by atoms with Gasteiger partial charge in [0, 0.05) is 24.4 Å². The summed E-state index contributed by atoms with van der Waals surface area (Å²) in [6.45, 7) is 4.91. The van der Waals surface area contributed by atoms with Crippen molar-refractivity contribution >= 4 is 34.9 Å². The molecule has 0 saturated carbocycles. The number of fused-ring (bicyclic) bond motifs is 1. The van der Waals surface area contributed by atoms with Crippen LogP contribution in [0.4, 0.5) is 5.82 Å². The molecule has 7 heteroatoms. The number of hydrogen-bond acceptors (Lipinski definition) is 3. The van der Waals surface area contributed by atoms with Crippen LogP contribution in [0.1, 0.15) is 51.1 Å². The summed E-state index contributed by atoms with van der Waals surface area (Å²) in [6.07, 6.45) is 6.00. The van der Waals surface area contributed by atoms with Crippen LogP contribution in [-0.4, -0.2) is 33.2 Å². The molecule has 0 bridgehead atoms. The summed E-state index contributed by atoms with van der Waals surface area (Å²) in [4.78, 5) is 15.8. The van der Waals surface area contributed by atoms with E-state index in [2.05, 4.69) is 17.3 Å². The van der Waals surface area contributed by atoms with Crippen molar-refractivity contribution < 1.29 is 4.79 Å². The summed E-state index contributed by atoms with van der Waals surface area (Å²) in [5.41, 5.74) is 2.47. The largest absolute Gasteiger partial charge is 0.344 e. The molecule has 2 aromatic rings. The lowest BCUT2D eigenvalue weighted by molar-refractivity contribution is -0.131. The topological polar surface area (TPSA) is 50.2 Å². The maximum absolute atomic E-state index is 13.7. The van der Waals surface area contributed by atoms with E-state index >= 15 is 0 Å². The number of nitrogens with one attached hydrogen (secondary N) is 1. The molecule has 1 saturated heterocycles. The Kier molecular flexibility index (Phi) is 5.39. The summed E-state index contributed by atoms with van der Waals surface area (Å²) >= 11 is 12.4. The van der Waals surface area contributed by atoms with Crippen molar-refractivity contribution in [3.63, 3.8) is 0 Å². The fourth-order valence-corrected chi connectivity index (χ4v) is 4.63. The summed E-state index contributed by atoms with van der Waals surface area (Å²) < 4.78 is 1.85. The van der Waals surface area contributed by atoms with E-state index in [9.17, 15) is 4.79 Å². The zero-order valence-electron chi connectivity index (χ0n) is 16.1. The average Bonchev–Trinajstić information content (AvgIpc) is 3.16. The Morgan fingerprint density at radius 2 is 2.07 bits per heavy atom. The second kappa shape index (κ2) is 7.80. The highest BCUT2D eigenvalue weighted by Gasteiger charge is 2.37. The third kappa shape index (κ3) is 3.31. The first-order valence-corrected chi connectivity index (χ1v) is 10.5. The van der Waals surface area contributed by atoms with Crippen molar-refractivity contribution in [3.8, 4) is 0 Å². The second-order valence-corrected chi connectivity index (χ2v) is 8.27. The maximum Gasteiger partial charge on any atom is 0.254 e. The number of carbonyl (C=O) groups is 1. The molecular weight excluding hydrogens is 395 g/mol. The standard InChI is InChI=1S/C21H24Cl2N4O/c1-3-15-6-4-5-11-26(15)21(28)19-13(2)25-18-9-10-24-27(18)20(19)14-7-8-16(22)17(23)12-14/h7-10,12,15,20,25H,3-6,11H2,1-2H3. The van der Waals surface area contributed by atoms with Crippen LogP contribution in [0.2, 0.25) is 10.0 Å². The molecule has 1 N–H and O–H groups in total. The van der Waals surface area contributed by atoms with Gasteiger partial charge in [-0.1, -0.05) is 36.2 Å². The number of allylic oxidation sites excluding steroid dienone is 1. The van der Waals surface area contributed by atoms with Crippen LogP contribution in [0.3, 0.4) is 0 Å². The van der Waals surface area contributed by atoms with Crippen molar-refractivity contribution in [2.45, 2.75) is 51.6 Å². The van der Waals surface area contributed by atoms with Crippen molar-refractivity contribution in [2.75, 3.05) is 11.9 Å². The average molecular weight is 419 g/mol. The van der Waals surface area contributed by atoms with Gasteiger partial charge in [-0.15, -0.1) is 0 Å². The number of benzene rings is 1. The molecule has 1 aromatic carbocycles. The van der Waals surface area contributed by atoms with Crippen molar-refractivity contribution in [2.24, 2.45) is 0 Å². The van der Waals surface area contributed by atoms with Crippen LogP contribution in [-0.2, 0) is 4.79 Å². The molecule has 0 aliphatic carbocycles. The van der Waals surface area contributed by atoms with E-state index < -0.39 is 0 Å². The van der Waals surface area contributed by atoms with Gasteiger partial charge in [-0.3, -0.25) is 4.79 Å². The van der Waals surface area contributed by atoms with E-state index in [1.807, 2.05) is 34.7 Å². The number of likely N-dealkylation sites (tertiary alicyclic amines) is 1. The van der Waals surface area contributed by atoms with Gasteiger partial charge in [-0.25, -0.2) is 4.68 Å². The molecule has 2 unspecified atom stereocenters. The summed E-state index contributed by atoms with van der Waals surface area (Å²) in [7, 11) is 0. The zero-order chi connectivity index (χ0) is 19.8. The summed E-state index contributed by atoms with van der Waals surface area (Å²) in [5.74, 6) is 0.935. The van der Waals surface area contributed by atoms with Gasteiger partial charge >= 0.3 is 0 Å². The minimum absolute atomic E-state index is 0.0776. The van der Waals surface area contributed by atoms with Crippen molar-refractivity contribution in [3.05, 3.63) is 57.3 Å². The first-order chi connectivity index (χ1) is 13.5. The summed E-state index contributed by atoms with van der Waals surface area (Å²) in [6, 6.07) is 7.38. The van der Waals surface area contributed by atoms with Crippen LogP contribution in [0.15, 0.2) is 41.7 Å². The number of hydrogen-bond donors (Lipinski definition) is 1. The number of halogens is 2. The van der Waals surface area contributed by atoms with Crippen LogP contribution < -0.4 is 5.32 Å². The Morgan fingerprint density at radius 3 is 2.82 bits per heavy atom. The normalized spacial score (nSPS) is 22.1. The van der Waals surface area contributed by atoms with Crippen LogP contribution in [0.25, 0.3) is 0 Å². The van der Waals surface area contributed by atoms with Gasteiger partial charge in [0.2, 0.25) is 0 Å². The molecule has 2 atom stereocenters. The van der Waals surface area contributed by atoms with E-state index in [1.165, 1.54) is 6.42 Å². The minimum atomic E-state index is -0.340. The van der Waals surface area contributed by atoms with Gasteiger partial charge in [-0.2, -0.15) is 5.10 Å². The number of piperidine rings is 1. The highest BCUT2D eigenvalue weighted by Crippen LogP contribution is 2.39. The predicted molar refractivity (Wildman–Crippen MR) is 113 cm³/mol. The van der Waals surface area contributed by atoms with Crippen molar-refractivity contribution in [1.29, 1.82) is 0 Å². The molecule has 0 radical (unpaired) electrons. The fraction of sp³-hybridized carbons (Fsp3) is 0.429. The molecule has 1 aromatic heterocycles. The van der Waals surface area contributed by atoms with E-state index in [0.29, 0.717) is 10.0 Å². The van der Waals surface area contributed by atoms with Gasteiger partial charge in [0.25, 0.3) is 5.91 Å². The Morgan fingerprint density at radius 1 is 1.25 bits per heavy atom. The number of carbonyl (C=O) groups excluding carboxylic acids is 1. The van der Waals surface area contributed by atoms with E-state index in [1.54, 1.807) is 12.3 Å². The number of nitrogens with zero attached hydrogens (tertiary/aromatic N) is 3. The third-order valence-electron chi connectivity index (χ3n) is 5.76. The first-order valence-electron chi connectivity index (χ1n) is 9.78. The molecule has 1 fully saturated rings. The van der Waals surface area contributed by atoms with Crippen LogP contribution in [0.5, 0.6) is 0 Å². The molecule has 2 aliphatic rings. The Balaban J connectivity index is 1.80. The Bertz CT molecular complexity index is 936. The van der Waals surface area contributed by atoms with E-state index in [4.69, 9.17) is 23.2 Å². The highest BCUT2D eigenvalue weighted by molar-refractivity contribution is 6.42. The molecule has 5 nitrogen and oxygen atoms in total. The molecular formula is C21H24Cl2N4O. The maximum atomic E-state index is 13.7. The van der Waals surface area contributed by atoms with Crippen LogP contribution in [0, 0.1) is 0 Å². The lowest BCUT2D eigenvalue weighted by Crippen LogP contribution is -2.46. The number of rotatable bonds is 3. The highest BCUT2D eigenvalue weighted by atomic mass is 35.5. The number of amides is 1. The first kappa shape index (κ1) is 19.3. The fourth-order valence-electron chi connectivity index (χ4n) is 4.32. The molecule has 2 aliphatic heterocycles. The monoisotopic (exact) mass is 418 g/mol. The SMILES string of the molecule is CCC1CCCCN1C(=O)C1=C(C)Nc2ccnn2C1c1ccc(Cl)c(Cl)c1. The van der Waals surface area contributed by atoms with Gasteiger partial charge < -0.3 is 10.2 Å². The smallest absolute Gasteiger partial charge is 0.254 e. The molecule has 1 amide bonds. The molecule has 4 rings (SSSR count). The number of aromatic nitrogens is 2. The zero-order valence-corrected chi connectivity index (χ0v) is 17.6. The van der Waals surface area contributed by atoms with E-state index in [-0.39, 0.29) is 18.0 Å². The quantitative estimate of drug-likeness (QED) is 0.738. The molecule has 0 spiro atoms. The van der Waals surface area contributed by atoms with E-state index in [0.717, 1.165) is 48.5 Å². The molecule has 148 valence electrons. The molecule has 28 heavy (non-hydrogen) atoms. The lowest BCUT2D eigenvalue weighted by Gasteiger charge is -2.39. The van der Waals surface area contributed by atoms with Gasteiger partial charge in [0.1, 0.15) is 11.9 Å². The molecule has 3 heterocycles. The van der Waals surface area contributed by atoms with Crippen molar-refractivity contribution in [1.82, 2.24) is 14.7 Å². The Labute approximate surface area is 175 Å². The van der Waals surface area contributed by atoms with Gasteiger partial charge in [-0.05, 0) is 50.3 Å². The second-order valence-electron chi connectivity index (χ2n) is 7.46. The van der Waals surface area contributed by atoms with Crippen LogP contribution >= 0.6 is 23.2 Å². The third-order valence-corrected chi connectivity index (χ3v) is 6.50. The predicted octanol–water partition coefficient (Wildman–Crippen LogP) is 5.27. The summed E-state index contributed by atoms with van der Waals surface area (Å²) in [5, 5.41) is 8.80. The Hall–Kier alpha value is -1.98. The minimum Gasteiger partial charge on any atom is -0.344 e.